The minimum atomic E-state index is -0.536. The highest BCUT2D eigenvalue weighted by molar-refractivity contribution is 9.10. The molecule has 8 heteroatoms. The number of rotatable bonds is 4. The number of nitrogens with one attached hydrogen (secondary N) is 1. The van der Waals surface area contributed by atoms with Gasteiger partial charge in [-0.05, 0) is 24.3 Å². The molecule has 0 unspecified atom stereocenters. The van der Waals surface area contributed by atoms with E-state index in [2.05, 4.69) is 15.9 Å². The number of nitrogens with two attached hydrogens (primary N) is 1. The summed E-state index contributed by atoms with van der Waals surface area (Å²) < 4.78 is 6.06. The van der Waals surface area contributed by atoms with Crippen LogP contribution in [0.2, 0.25) is 5.02 Å². The van der Waals surface area contributed by atoms with Gasteiger partial charge in [-0.2, -0.15) is 0 Å². The standard InChI is InChI=1S/C13H9BrClN3O3/c14-7-1-4-12(11(5-7)18(19)20)21-8-2-3-9(13(16)17)10(15)6-8/h1-6H,(H3,16,17). The first-order valence-corrected chi connectivity index (χ1v) is 6.81. The molecule has 0 amide bonds. The highest BCUT2D eigenvalue weighted by atomic mass is 79.9. The van der Waals surface area contributed by atoms with E-state index in [1.165, 1.54) is 30.3 Å². The van der Waals surface area contributed by atoms with Gasteiger partial charge in [0.05, 0.1) is 9.95 Å². The number of ether oxygens (including phenoxy) is 1. The van der Waals surface area contributed by atoms with Crippen molar-refractivity contribution in [3.63, 3.8) is 0 Å². The second kappa shape index (κ2) is 6.11. The van der Waals surface area contributed by atoms with E-state index < -0.39 is 4.92 Å². The number of halogens is 2. The fourth-order valence-electron chi connectivity index (χ4n) is 1.62. The van der Waals surface area contributed by atoms with E-state index in [1.54, 1.807) is 6.07 Å². The lowest BCUT2D eigenvalue weighted by Gasteiger charge is -2.08. The van der Waals surface area contributed by atoms with Gasteiger partial charge in [0.2, 0.25) is 5.75 Å². The molecule has 0 aliphatic carbocycles. The summed E-state index contributed by atoms with van der Waals surface area (Å²) in [7, 11) is 0. The number of benzene rings is 2. The molecule has 0 bridgehead atoms. The second-order valence-corrected chi connectivity index (χ2v) is 5.35. The quantitative estimate of drug-likeness (QED) is 0.366. The van der Waals surface area contributed by atoms with Gasteiger partial charge in [0.25, 0.3) is 0 Å². The van der Waals surface area contributed by atoms with E-state index in [-0.39, 0.29) is 22.3 Å². The summed E-state index contributed by atoms with van der Waals surface area (Å²) in [4.78, 5) is 10.5. The Morgan fingerprint density at radius 2 is 2.05 bits per heavy atom. The fraction of sp³-hybridized carbons (Fsp3) is 0. The smallest absolute Gasteiger partial charge is 0.312 e. The van der Waals surface area contributed by atoms with Gasteiger partial charge in [0.15, 0.2) is 0 Å². The maximum Gasteiger partial charge on any atom is 0.312 e. The van der Waals surface area contributed by atoms with Crippen molar-refractivity contribution in [1.82, 2.24) is 0 Å². The minimum Gasteiger partial charge on any atom is -0.450 e. The van der Waals surface area contributed by atoms with Gasteiger partial charge in [0, 0.05) is 22.2 Å². The number of nitrogens with zero attached hydrogens (tertiary/aromatic N) is 1. The number of nitrogen functional groups attached to an aromatic ring is 1. The van der Waals surface area contributed by atoms with Crippen LogP contribution in [0.25, 0.3) is 0 Å². The van der Waals surface area contributed by atoms with Crippen molar-refractivity contribution in [1.29, 1.82) is 5.41 Å². The normalized spacial score (nSPS) is 10.2. The molecule has 108 valence electrons. The molecule has 0 aromatic heterocycles. The molecule has 0 fully saturated rings. The Balaban J connectivity index is 2.37. The summed E-state index contributed by atoms with van der Waals surface area (Å²) in [5.41, 5.74) is 5.56. The maximum atomic E-state index is 11.0. The zero-order valence-electron chi connectivity index (χ0n) is 10.5. The third-order valence-electron chi connectivity index (χ3n) is 2.58. The highest BCUT2D eigenvalue weighted by Gasteiger charge is 2.17. The van der Waals surface area contributed by atoms with Crippen LogP contribution in [0.15, 0.2) is 40.9 Å². The molecule has 0 atom stereocenters. The predicted octanol–water partition coefficient (Wildman–Crippen LogP) is 4.09. The Kier molecular flexibility index (Phi) is 4.44. The molecule has 0 heterocycles. The zero-order chi connectivity index (χ0) is 15.6. The third-order valence-corrected chi connectivity index (χ3v) is 3.38. The molecule has 2 aromatic rings. The van der Waals surface area contributed by atoms with Crippen molar-refractivity contribution in [3.05, 3.63) is 61.6 Å². The number of nitro groups is 1. The maximum absolute atomic E-state index is 11.0. The van der Waals surface area contributed by atoms with E-state index in [1.807, 2.05) is 0 Å². The lowest BCUT2D eigenvalue weighted by molar-refractivity contribution is -0.385. The summed E-state index contributed by atoms with van der Waals surface area (Å²) in [6.07, 6.45) is 0. The fourth-order valence-corrected chi connectivity index (χ4v) is 2.25. The molecule has 2 rings (SSSR count). The van der Waals surface area contributed by atoms with Gasteiger partial charge in [-0.1, -0.05) is 27.5 Å². The predicted molar refractivity (Wildman–Crippen MR) is 83.3 cm³/mol. The monoisotopic (exact) mass is 369 g/mol. The first kappa shape index (κ1) is 15.3. The van der Waals surface area contributed by atoms with Crippen LogP contribution in [0.3, 0.4) is 0 Å². The lowest BCUT2D eigenvalue weighted by atomic mass is 10.2. The first-order chi connectivity index (χ1) is 9.88. The molecular formula is C13H9BrClN3O3. The summed E-state index contributed by atoms with van der Waals surface area (Å²) in [5, 5.41) is 18.6. The molecular weight excluding hydrogens is 362 g/mol. The highest BCUT2D eigenvalue weighted by Crippen LogP contribution is 2.34. The molecule has 0 spiro atoms. The Morgan fingerprint density at radius 1 is 1.33 bits per heavy atom. The Morgan fingerprint density at radius 3 is 2.62 bits per heavy atom. The summed E-state index contributed by atoms with van der Waals surface area (Å²) in [5.74, 6) is 0.242. The average Bonchev–Trinajstić information content (AvgIpc) is 2.40. The van der Waals surface area contributed by atoms with Crippen molar-refractivity contribution in [2.24, 2.45) is 5.73 Å². The Bertz CT molecular complexity index is 737. The Hall–Kier alpha value is -2.12. The molecule has 3 N–H and O–H groups in total. The number of nitro benzene ring substituents is 1. The topological polar surface area (TPSA) is 102 Å². The first-order valence-electron chi connectivity index (χ1n) is 5.64. The molecule has 0 saturated carbocycles. The van der Waals surface area contributed by atoms with Crippen LogP contribution >= 0.6 is 27.5 Å². The molecule has 0 aliphatic rings. The van der Waals surface area contributed by atoms with Gasteiger partial charge in [-0.15, -0.1) is 0 Å². The summed E-state index contributed by atoms with van der Waals surface area (Å²) in [6.45, 7) is 0. The van der Waals surface area contributed by atoms with Crippen molar-refractivity contribution in [2.75, 3.05) is 0 Å². The van der Waals surface area contributed by atoms with Gasteiger partial charge in [0.1, 0.15) is 11.6 Å². The molecule has 0 aliphatic heterocycles. The van der Waals surface area contributed by atoms with Gasteiger partial charge < -0.3 is 10.5 Å². The van der Waals surface area contributed by atoms with Crippen LogP contribution in [0, 0.1) is 15.5 Å². The molecule has 2 aromatic carbocycles. The molecule has 21 heavy (non-hydrogen) atoms. The van der Waals surface area contributed by atoms with Crippen LogP contribution in [0.5, 0.6) is 11.5 Å². The molecule has 0 radical (unpaired) electrons. The van der Waals surface area contributed by atoms with Crippen LogP contribution in [0.1, 0.15) is 5.56 Å². The average molecular weight is 371 g/mol. The van der Waals surface area contributed by atoms with Gasteiger partial charge >= 0.3 is 5.69 Å². The van der Waals surface area contributed by atoms with Gasteiger partial charge in [-0.3, -0.25) is 15.5 Å². The van der Waals surface area contributed by atoms with Crippen LogP contribution < -0.4 is 10.5 Å². The van der Waals surface area contributed by atoms with Gasteiger partial charge in [-0.25, -0.2) is 0 Å². The van der Waals surface area contributed by atoms with Crippen molar-refractivity contribution >= 4 is 39.1 Å². The van der Waals surface area contributed by atoms with Crippen molar-refractivity contribution in [2.45, 2.75) is 0 Å². The molecule has 0 saturated heterocycles. The van der Waals surface area contributed by atoms with Crippen LogP contribution in [-0.4, -0.2) is 10.8 Å². The molecule has 6 nitrogen and oxygen atoms in total. The lowest BCUT2D eigenvalue weighted by Crippen LogP contribution is -2.11. The zero-order valence-corrected chi connectivity index (χ0v) is 12.8. The summed E-state index contributed by atoms with van der Waals surface area (Å²) >= 11 is 9.14. The Labute approximate surface area is 133 Å². The SMILES string of the molecule is N=C(N)c1ccc(Oc2ccc(Br)cc2[N+](=O)[O-])cc1Cl. The van der Waals surface area contributed by atoms with Crippen LogP contribution in [0.4, 0.5) is 5.69 Å². The minimum absolute atomic E-state index is 0.0924. The van der Waals surface area contributed by atoms with Crippen molar-refractivity contribution in [3.8, 4) is 11.5 Å². The van der Waals surface area contributed by atoms with E-state index in [9.17, 15) is 10.1 Å². The largest absolute Gasteiger partial charge is 0.450 e. The van der Waals surface area contributed by atoms with E-state index in [0.29, 0.717) is 15.8 Å². The van der Waals surface area contributed by atoms with Crippen molar-refractivity contribution < 1.29 is 9.66 Å². The number of hydrogen-bond donors (Lipinski definition) is 2. The van der Waals surface area contributed by atoms with Crippen LogP contribution in [-0.2, 0) is 0 Å². The van der Waals surface area contributed by atoms with E-state index in [4.69, 9.17) is 27.5 Å². The number of hydrogen-bond acceptors (Lipinski definition) is 4. The third kappa shape index (κ3) is 3.50. The summed E-state index contributed by atoms with van der Waals surface area (Å²) in [6, 6.07) is 8.97. The van der Waals surface area contributed by atoms with E-state index in [0.717, 1.165) is 0 Å². The van der Waals surface area contributed by atoms with E-state index >= 15 is 0 Å². The second-order valence-electron chi connectivity index (χ2n) is 4.03. The number of amidine groups is 1.